The Morgan fingerprint density at radius 2 is 1.74 bits per heavy atom. The quantitative estimate of drug-likeness (QED) is 0.705. The van der Waals surface area contributed by atoms with E-state index in [1.807, 2.05) is 0 Å². The minimum atomic E-state index is -4.19. The second-order valence-corrected chi connectivity index (χ2v) is 9.60. The molecule has 0 N–H and O–H groups in total. The van der Waals surface area contributed by atoms with E-state index < -0.39 is 44.1 Å². The molecule has 2 aromatic rings. The van der Waals surface area contributed by atoms with Crippen LogP contribution in [0.4, 0.5) is 13.2 Å². The van der Waals surface area contributed by atoms with Crippen LogP contribution in [0.25, 0.3) is 0 Å². The minimum absolute atomic E-state index is 0.0568. The highest BCUT2D eigenvalue weighted by molar-refractivity contribution is 7.92. The highest BCUT2D eigenvalue weighted by atomic mass is 35.5. The second-order valence-electron chi connectivity index (χ2n) is 6.96. The predicted molar refractivity (Wildman–Crippen MR) is 94.4 cm³/mol. The average molecular weight is 417 g/mol. The van der Waals surface area contributed by atoms with Gasteiger partial charge in [0, 0.05) is 10.9 Å². The van der Waals surface area contributed by atoms with Gasteiger partial charge < -0.3 is 4.74 Å². The van der Waals surface area contributed by atoms with Crippen molar-refractivity contribution in [2.45, 2.75) is 35.1 Å². The molecule has 1 heterocycles. The summed E-state index contributed by atoms with van der Waals surface area (Å²) in [5.41, 5.74) is -0.333. The monoisotopic (exact) mass is 416 g/mol. The maximum Gasteiger partial charge on any atom is 0.188 e. The number of halogens is 4. The molecule has 0 spiro atoms. The lowest BCUT2D eigenvalue weighted by Gasteiger charge is -2.47. The van der Waals surface area contributed by atoms with Gasteiger partial charge in [-0.25, -0.2) is 21.6 Å². The van der Waals surface area contributed by atoms with E-state index in [-0.39, 0.29) is 36.3 Å². The Morgan fingerprint density at radius 1 is 1.07 bits per heavy atom. The number of alkyl halides is 1. The van der Waals surface area contributed by atoms with E-state index in [4.69, 9.17) is 16.3 Å². The van der Waals surface area contributed by atoms with Crippen LogP contribution in [0.15, 0.2) is 41.3 Å². The van der Waals surface area contributed by atoms with E-state index in [9.17, 15) is 21.6 Å². The lowest BCUT2D eigenvalue weighted by Crippen LogP contribution is -2.52. The Bertz CT molecular complexity index is 994. The molecule has 1 saturated carbocycles. The van der Waals surface area contributed by atoms with Gasteiger partial charge in [0.25, 0.3) is 0 Å². The zero-order valence-electron chi connectivity index (χ0n) is 14.1. The summed E-state index contributed by atoms with van der Waals surface area (Å²) in [7, 11) is -4.19. The van der Waals surface area contributed by atoms with Crippen LogP contribution in [0.1, 0.15) is 24.8 Å². The predicted octanol–water partition coefficient (Wildman–Crippen LogP) is 4.82. The summed E-state index contributed by atoms with van der Waals surface area (Å²) in [6.07, 6.45) is -1.52. The third kappa shape index (κ3) is 2.66. The lowest BCUT2D eigenvalue weighted by molar-refractivity contribution is 0.0818. The summed E-state index contributed by atoms with van der Waals surface area (Å²) in [6, 6.07) is 7.29. The summed E-state index contributed by atoms with van der Waals surface area (Å²) in [4.78, 5) is -0.0641. The standard InChI is InChI=1S/C19H16ClF3O3S/c20-12-1-3-14(4-2-12)27(24,25)19-8-7-13(21)9-11(19)10-26-18-16(23)6-5-15(22)17(18)19/h1-6,11,13H,7-10H2/t11-,13-,19+/m0/s1. The van der Waals surface area contributed by atoms with E-state index in [0.29, 0.717) is 5.02 Å². The Kier molecular flexibility index (Phi) is 4.42. The van der Waals surface area contributed by atoms with Crippen LogP contribution < -0.4 is 4.74 Å². The highest BCUT2D eigenvalue weighted by Crippen LogP contribution is 2.56. The summed E-state index contributed by atoms with van der Waals surface area (Å²) in [5, 5.41) is 0.347. The van der Waals surface area contributed by atoms with Crippen molar-refractivity contribution in [1.29, 1.82) is 0 Å². The minimum Gasteiger partial charge on any atom is -0.490 e. The molecular formula is C19H16ClF3O3S. The first-order valence-corrected chi connectivity index (χ1v) is 10.4. The first-order valence-electron chi connectivity index (χ1n) is 8.53. The van der Waals surface area contributed by atoms with Crippen LogP contribution in [-0.2, 0) is 14.6 Å². The van der Waals surface area contributed by atoms with Crippen molar-refractivity contribution in [3.05, 3.63) is 58.6 Å². The van der Waals surface area contributed by atoms with E-state index in [1.165, 1.54) is 24.3 Å². The summed E-state index contributed by atoms with van der Waals surface area (Å²) >= 11 is 5.86. The largest absolute Gasteiger partial charge is 0.490 e. The number of benzene rings is 2. The Balaban J connectivity index is 2.02. The van der Waals surface area contributed by atoms with Gasteiger partial charge in [0.15, 0.2) is 21.4 Å². The number of fused-ring (bicyclic) bond motifs is 3. The zero-order chi connectivity index (χ0) is 19.4. The van der Waals surface area contributed by atoms with Gasteiger partial charge in [-0.15, -0.1) is 0 Å². The topological polar surface area (TPSA) is 43.4 Å². The van der Waals surface area contributed by atoms with Crippen molar-refractivity contribution >= 4 is 21.4 Å². The third-order valence-electron chi connectivity index (χ3n) is 5.54. The van der Waals surface area contributed by atoms with Crippen molar-refractivity contribution in [1.82, 2.24) is 0 Å². The van der Waals surface area contributed by atoms with Gasteiger partial charge in [-0.3, -0.25) is 0 Å². The summed E-state index contributed by atoms with van der Waals surface area (Å²) in [6.45, 7) is -0.194. The van der Waals surface area contributed by atoms with Crippen LogP contribution in [-0.4, -0.2) is 21.2 Å². The van der Waals surface area contributed by atoms with E-state index in [2.05, 4.69) is 0 Å². The van der Waals surface area contributed by atoms with Crippen LogP contribution in [0.3, 0.4) is 0 Å². The van der Waals surface area contributed by atoms with Gasteiger partial charge in [-0.05, 0) is 55.7 Å². The molecule has 0 bridgehead atoms. The maximum atomic E-state index is 14.8. The molecule has 0 saturated heterocycles. The summed E-state index contributed by atoms with van der Waals surface area (Å²) < 4.78 is 74.2. The van der Waals surface area contributed by atoms with Crippen LogP contribution in [0, 0.1) is 17.6 Å². The van der Waals surface area contributed by atoms with Crippen LogP contribution in [0.2, 0.25) is 5.02 Å². The van der Waals surface area contributed by atoms with Crippen molar-refractivity contribution < 1.29 is 26.3 Å². The number of ether oxygens (including phenoxy) is 1. The van der Waals surface area contributed by atoms with Crippen LogP contribution in [0.5, 0.6) is 5.75 Å². The molecule has 2 aromatic carbocycles. The number of sulfone groups is 1. The molecule has 3 nitrogen and oxygen atoms in total. The molecule has 3 atom stereocenters. The Labute approximate surface area is 160 Å². The fraction of sp³-hybridized carbons (Fsp3) is 0.368. The molecule has 0 radical (unpaired) electrons. The summed E-state index contributed by atoms with van der Waals surface area (Å²) in [5.74, 6) is -2.93. The molecule has 1 aliphatic carbocycles. The molecule has 144 valence electrons. The molecule has 2 aliphatic rings. The molecule has 0 amide bonds. The van der Waals surface area contributed by atoms with Crippen molar-refractivity contribution in [2.75, 3.05) is 6.61 Å². The van der Waals surface area contributed by atoms with Gasteiger partial charge in [0.1, 0.15) is 16.7 Å². The highest BCUT2D eigenvalue weighted by Gasteiger charge is 2.59. The van der Waals surface area contributed by atoms with Crippen molar-refractivity contribution in [3.8, 4) is 5.75 Å². The first kappa shape index (κ1) is 18.6. The third-order valence-corrected chi connectivity index (χ3v) is 8.39. The Morgan fingerprint density at radius 3 is 2.44 bits per heavy atom. The first-order chi connectivity index (χ1) is 12.8. The fourth-order valence-corrected chi connectivity index (χ4v) is 6.78. The number of hydrogen-bond donors (Lipinski definition) is 0. The molecule has 1 aliphatic heterocycles. The molecule has 8 heteroatoms. The maximum absolute atomic E-state index is 14.8. The van der Waals surface area contributed by atoms with E-state index >= 15 is 0 Å². The van der Waals surface area contributed by atoms with Crippen molar-refractivity contribution in [3.63, 3.8) is 0 Å². The molecule has 0 unspecified atom stereocenters. The molecule has 1 fully saturated rings. The lowest BCUT2D eigenvalue weighted by atomic mass is 9.72. The number of hydrogen-bond acceptors (Lipinski definition) is 3. The van der Waals surface area contributed by atoms with Crippen LogP contribution >= 0.6 is 11.6 Å². The van der Waals surface area contributed by atoms with Crippen molar-refractivity contribution in [2.24, 2.45) is 5.92 Å². The molecule has 4 rings (SSSR count). The smallest absolute Gasteiger partial charge is 0.188 e. The normalized spacial score (nSPS) is 27.4. The van der Waals surface area contributed by atoms with Gasteiger partial charge >= 0.3 is 0 Å². The van der Waals surface area contributed by atoms with Gasteiger partial charge in [-0.1, -0.05) is 11.6 Å². The van der Waals surface area contributed by atoms with Gasteiger partial charge in [0.05, 0.1) is 17.1 Å². The van der Waals surface area contributed by atoms with Gasteiger partial charge in [-0.2, -0.15) is 0 Å². The van der Waals surface area contributed by atoms with E-state index in [0.717, 1.165) is 12.1 Å². The molecule has 27 heavy (non-hydrogen) atoms. The Hall–Kier alpha value is -1.73. The van der Waals surface area contributed by atoms with E-state index in [1.54, 1.807) is 0 Å². The van der Waals surface area contributed by atoms with Gasteiger partial charge in [0.2, 0.25) is 0 Å². The average Bonchev–Trinajstić information content (AvgIpc) is 2.64. The SMILES string of the molecule is O=S(=O)(c1ccc(Cl)cc1)[C@]12CC[C@H](F)C[C@H]1COc1c(F)ccc(F)c12. The molecule has 0 aromatic heterocycles. The second kappa shape index (κ2) is 6.41. The molecular weight excluding hydrogens is 401 g/mol. The fourth-order valence-electron chi connectivity index (χ4n) is 4.29. The zero-order valence-corrected chi connectivity index (χ0v) is 15.7. The number of rotatable bonds is 2.